The van der Waals surface area contributed by atoms with Crippen LogP contribution >= 0.6 is 11.6 Å². The third-order valence-electron chi connectivity index (χ3n) is 3.09. The monoisotopic (exact) mass is 326 g/mol. The number of esters is 1. The molecule has 2 aromatic carbocycles. The summed E-state index contributed by atoms with van der Waals surface area (Å²) in [7, 11) is 0. The van der Waals surface area contributed by atoms with Crippen LogP contribution in [0.15, 0.2) is 69.9 Å². The summed E-state index contributed by atoms with van der Waals surface area (Å²) in [6.45, 7) is 0. The average molecular weight is 327 g/mol. The Kier molecular flexibility index (Phi) is 4.26. The predicted octanol–water partition coefficient (Wildman–Crippen LogP) is 4.07. The quantitative estimate of drug-likeness (QED) is 0.315. The number of carbonyl (C=O) groups is 1. The largest absolute Gasteiger partial charge is 0.423 e. The fraction of sp³-hybridized carbons (Fsp3) is 0. The lowest BCUT2D eigenvalue weighted by molar-refractivity contribution is -0.128. The highest BCUT2D eigenvalue weighted by Gasteiger charge is 2.04. The van der Waals surface area contributed by atoms with Crippen LogP contribution in [0.1, 0.15) is 5.56 Å². The summed E-state index contributed by atoms with van der Waals surface area (Å²) in [4.78, 5) is 23.0. The van der Waals surface area contributed by atoms with Gasteiger partial charge in [0.25, 0.3) is 0 Å². The van der Waals surface area contributed by atoms with E-state index in [9.17, 15) is 9.59 Å². The molecule has 1 heterocycles. The third kappa shape index (κ3) is 3.87. The molecule has 0 spiro atoms. The number of benzene rings is 2. The van der Waals surface area contributed by atoms with Crippen LogP contribution in [0.25, 0.3) is 17.0 Å². The molecule has 0 unspecified atom stereocenters. The Morgan fingerprint density at radius 3 is 2.57 bits per heavy atom. The van der Waals surface area contributed by atoms with Crippen molar-refractivity contribution in [3.8, 4) is 5.75 Å². The Hall–Kier alpha value is -2.85. The maximum atomic E-state index is 11.8. The summed E-state index contributed by atoms with van der Waals surface area (Å²) >= 11 is 5.79. The van der Waals surface area contributed by atoms with Crippen LogP contribution in [0.3, 0.4) is 0 Å². The summed E-state index contributed by atoms with van der Waals surface area (Å²) in [5.74, 6) is -0.227. The highest BCUT2D eigenvalue weighted by Crippen LogP contribution is 2.19. The zero-order valence-electron chi connectivity index (χ0n) is 11.9. The minimum atomic E-state index is -0.530. The molecule has 0 saturated carbocycles. The predicted molar refractivity (Wildman–Crippen MR) is 88.6 cm³/mol. The molecule has 0 radical (unpaired) electrons. The van der Waals surface area contributed by atoms with Crippen LogP contribution in [0, 0.1) is 0 Å². The molecule has 114 valence electrons. The highest BCUT2D eigenvalue weighted by molar-refractivity contribution is 6.30. The van der Waals surface area contributed by atoms with Gasteiger partial charge in [-0.25, -0.2) is 9.59 Å². The summed E-state index contributed by atoms with van der Waals surface area (Å²) < 4.78 is 10.2. The molecule has 5 heteroatoms. The minimum absolute atomic E-state index is 0.303. The molecular formula is C18H11ClO4. The Labute approximate surface area is 136 Å². The number of carbonyl (C=O) groups excluding carboxylic acids is 1. The summed E-state index contributed by atoms with van der Waals surface area (Å²) in [5.41, 5.74) is 0.740. The van der Waals surface area contributed by atoms with Crippen LogP contribution in [0.5, 0.6) is 5.75 Å². The molecule has 3 aromatic rings. The van der Waals surface area contributed by atoms with Gasteiger partial charge < -0.3 is 9.15 Å². The maximum absolute atomic E-state index is 11.8. The van der Waals surface area contributed by atoms with Crippen LogP contribution in [0.4, 0.5) is 0 Å². The van der Waals surface area contributed by atoms with E-state index in [2.05, 4.69) is 0 Å². The average Bonchev–Trinajstić information content (AvgIpc) is 2.54. The fourth-order valence-corrected chi connectivity index (χ4v) is 2.12. The first-order valence-corrected chi connectivity index (χ1v) is 7.17. The van der Waals surface area contributed by atoms with Crippen molar-refractivity contribution in [2.75, 3.05) is 0 Å². The molecule has 1 aromatic heterocycles. The Morgan fingerprint density at radius 1 is 1.04 bits per heavy atom. The molecule has 0 aliphatic rings. The summed E-state index contributed by atoms with van der Waals surface area (Å²) in [5, 5.41) is 1.38. The Bertz CT molecular complexity index is 939. The van der Waals surface area contributed by atoms with Gasteiger partial charge in [0.05, 0.1) is 0 Å². The zero-order valence-corrected chi connectivity index (χ0v) is 12.6. The highest BCUT2D eigenvalue weighted by atomic mass is 35.5. The number of rotatable bonds is 3. The van der Waals surface area contributed by atoms with Gasteiger partial charge in [-0.15, -0.1) is 0 Å². The minimum Gasteiger partial charge on any atom is -0.423 e. The number of fused-ring (bicyclic) bond motifs is 1. The molecule has 0 aliphatic carbocycles. The molecule has 0 fully saturated rings. The standard InChI is InChI=1S/C18H11ClO4/c19-14-6-1-12(2-7-14)3-9-17(20)22-15-8-4-13-5-10-18(21)23-16(13)11-15/h1-11H/b9-3+. The molecule has 0 saturated heterocycles. The van der Waals surface area contributed by atoms with Crippen LogP contribution in [-0.4, -0.2) is 5.97 Å². The first-order valence-electron chi connectivity index (χ1n) is 6.79. The molecular weight excluding hydrogens is 316 g/mol. The van der Waals surface area contributed by atoms with E-state index >= 15 is 0 Å². The van der Waals surface area contributed by atoms with Gasteiger partial charge >= 0.3 is 11.6 Å². The van der Waals surface area contributed by atoms with Crippen molar-refractivity contribution in [1.82, 2.24) is 0 Å². The van der Waals surface area contributed by atoms with Gasteiger partial charge in [-0.05, 0) is 42.0 Å². The maximum Gasteiger partial charge on any atom is 0.336 e. The smallest absolute Gasteiger partial charge is 0.336 e. The topological polar surface area (TPSA) is 56.5 Å². The Morgan fingerprint density at radius 2 is 1.78 bits per heavy atom. The van der Waals surface area contributed by atoms with E-state index in [0.717, 1.165) is 10.9 Å². The zero-order chi connectivity index (χ0) is 16.2. The van der Waals surface area contributed by atoms with Gasteiger partial charge in [-0.2, -0.15) is 0 Å². The van der Waals surface area contributed by atoms with E-state index in [-0.39, 0.29) is 0 Å². The number of ether oxygens (including phenoxy) is 1. The number of halogens is 1. The summed E-state index contributed by atoms with van der Waals surface area (Å²) in [6.07, 6.45) is 2.94. The number of hydrogen-bond acceptors (Lipinski definition) is 4. The van der Waals surface area contributed by atoms with Gasteiger partial charge in [0, 0.05) is 28.6 Å². The lowest BCUT2D eigenvalue weighted by Crippen LogP contribution is -2.03. The molecule has 3 rings (SSSR count). The van der Waals surface area contributed by atoms with Crippen LogP contribution in [0.2, 0.25) is 5.02 Å². The van der Waals surface area contributed by atoms with E-state index in [1.54, 1.807) is 48.5 Å². The van der Waals surface area contributed by atoms with E-state index in [1.165, 1.54) is 18.2 Å². The van der Waals surface area contributed by atoms with Crippen molar-refractivity contribution in [2.45, 2.75) is 0 Å². The molecule has 0 bridgehead atoms. The van der Waals surface area contributed by atoms with Gasteiger partial charge in [0.1, 0.15) is 11.3 Å². The van der Waals surface area contributed by atoms with E-state index in [1.807, 2.05) is 0 Å². The number of hydrogen-bond donors (Lipinski definition) is 0. The molecule has 4 nitrogen and oxygen atoms in total. The SMILES string of the molecule is O=C(/C=C/c1ccc(Cl)cc1)Oc1ccc2ccc(=O)oc2c1. The molecule has 0 aliphatic heterocycles. The molecule has 0 amide bonds. The van der Waals surface area contributed by atoms with Crippen molar-refractivity contribution in [1.29, 1.82) is 0 Å². The molecule has 0 atom stereocenters. The second-order valence-electron chi connectivity index (χ2n) is 4.76. The van der Waals surface area contributed by atoms with Gasteiger partial charge in [0.15, 0.2) is 0 Å². The van der Waals surface area contributed by atoms with Crippen LogP contribution < -0.4 is 10.4 Å². The molecule has 0 N–H and O–H groups in total. The lowest BCUT2D eigenvalue weighted by atomic mass is 10.2. The van der Waals surface area contributed by atoms with Gasteiger partial charge in [0.2, 0.25) is 0 Å². The third-order valence-corrected chi connectivity index (χ3v) is 3.35. The second kappa shape index (κ2) is 6.50. The Balaban J connectivity index is 1.74. The van der Waals surface area contributed by atoms with E-state index in [0.29, 0.717) is 16.4 Å². The van der Waals surface area contributed by atoms with Crippen molar-refractivity contribution >= 4 is 34.6 Å². The normalized spacial score (nSPS) is 11.0. The van der Waals surface area contributed by atoms with Crippen molar-refractivity contribution in [3.05, 3.63) is 81.7 Å². The van der Waals surface area contributed by atoms with E-state index in [4.69, 9.17) is 20.8 Å². The van der Waals surface area contributed by atoms with Crippen LogP contribution in [-0.2, 0) is 4.79 Å². The first-order chi connectivity index (χ1) is 11.1. The lowest BCUT2D eigenvalue weighted by Gasteiger charge is -2.02. The van der Waals surface area contributed by atoms with E-state index < -0.39 is 11.6 Å². The first kappa shape index (κ1) is 15.1. The van der Waals surface area contributed by atoms with Crippen molar-refractivity contribution in [2.24, 2.45) is 0 Å². The van der Waals surface area contributed by atoms with Crippen molar-refractivity contribution < 1.29 is 13.9 Å². The fourth-order valence-electron chi connectivity index (χ4n) is 1.99. The molecule has 23 heavy (non-hydrogen) atoms. The van der Waals surface area contributed by atoms with Gasteiger partial charge in [-0.3, -0.25) is 0 Å². The van der Waals surface area contributed by atoms with Gasteiger partial charge in [-0.1, -0.05) is 23.7 Å². The van der Waals surface area contributed by atoms with Crippen molar-refractivity contribution in [3.63, 3.8) is 0 Å². The second-order valence-corrected chi connectivity index (χ2v) is 5.20. The summed E-state index contributed by atoms with van der Waals surface area (Å²) in [6, 6.07) is 14.9.